The summed E-state index contributed by atoms with van der Waals surface area (Å²) in [5.41, 5.74) is 2.13. The van der Waals surface area contributed by atoms with Crippen LogP contribution in [0, 0.1) is 18.8 Å². The van der Waals surface area contributed by atoms with Crippen LogP contribution >= 0.6 is 0 Å². The Morgan fingerprint density at radius 3 is 2.67 bits per heavy atom. The van der Waals surface area contributed by atoms with E-state index >= 15 is 0 Å². The van der Waals surface area contributed by atoms with E-state index in [1.54, 1.807) is 12.1 Å². The van der Waals surface area contributed by atoms with E-state index < -0.39 is 10.0 Å². The highest BCUT2D eigenvalue weighted by molar-refractivity contribution is 7.89. The summed E-state index contributed by atoms with van der Waals surface area (Å²) in [5, 5.41) is 3.07. The quantitative estimate of drug-likeness (QED) is 0.848. The minimum Gasteiger partial charge on any atom is -0.316 e. The molecule has 0 heterocycles. The van der Waals surface area contributed by atoms with Crippen molar-refractivity contribution in [3.05, 3.63) is 29.3 Å². The monoisotopic (exact) mass is 310 g/mol. The van der Waals surface area contributed by atoms with Gasteiger partial charge in [0.25, 0.3) is 0 Å². The highest BCUT2D eigenvalue weighted by Crippen LogP contribution is 2.30. The third kappa shape index (κ3) is 4.28. The van der Waals surface area contributed by atoms with Gasteiger partial charge in [-0.05, 0) is 61.9 Å². The first-order chi connectivity index (χ1) is 9.92. The molecule has 5 heteroatoms. The lowest BCUT2D eigenvalue weighted by atomic mass is 10.1. The predicted octanol–water partition coefficient (Wildman–Crippen LogP) is 2.43. The standard InChI is InChI=1S/C16H26N2O2S/c1-12-4-6-14(8-12)10-18-21(19,20)16-7-5-13(2)15(9-16)11-17-3/h5,7,9,12,14,17-18H,4,6,8,10-11H2,1-3H3. The zero-order chi connectivity index (χ0) is 15.5. The van der Waals surface area contributed by atoms with E-state index in [1.165, 1.54) is 6.42 Å². The maximum atomic E-state index is 12.4. The number of rotatable bonds is 6. The number of hydrogen-bond donors (Lipinski definition) is 2. The SMILES string of the molecule is CNCc1cc(S(=O)(=O)NCC2CCC(C)C2)ccc1C. The Bertz CT molecular complexity index is 584. The zero-order valence-corrected chi connectivity index (χ0v) is 14.0. The average Bonchev–Trinajstić information content (AvgIpc) is 2.85. The molecule has 4 nitrogen and oxygen atoms in total. The van der Waals surface area contributed by atoms with Crippen LogP contribution in [0.4, 0.5) is 0 Å². The lowest BCUT2D eigenvalue weighted by molar-refractivity contribution is 0.498. The first-order valence-corrected chi connectivity index (χ1v) is 9.14. The van der Waals surface area contributed by atoms with E-state index in [-0.39, 0.29) is 0 Å². The number of benzene rings is 1. The third-order valence-corrected chi connectivity index (χ3v) is 5.78. The molecule has 118 valence electrons. The Kier molecular flexibility index (Phi) is 5.41. The van der Waals surface area contributed by atoms with Crippen LogP contribution in [0.15, 0.2) is 23.1 Å². The number of nitrogens with one attached hydrogen (secondary N) is 2. The van der Waals surface area contributed by atoms with Gasteiger partial charge < -0.3 is 5.32 Å². The number of aryl methyl sites for hydroxylation is 1. The average molecular weight is 310 g/mol. The van der Waals surface area contributed by atoms with E-state index in [2.05, 4.69) is 17.0 Å². The van der Waals surface area contributed by atoms with Crippen molar-refractivity contribution in [2.75, 3.05) is 13.6 Å². The summed E-state index contributed by atoms with van der Waals surface area (Å²) in [5.74, 6) is 1.21. The summed E-state index contributed by atoms with van der Waals surface area (Å²) in [6, 6.07) is 5.33. The Labute approximate surface area is 128 Å². The smallest absolute Gasteiger partial charge is 0.240 e. The molecule has 1 aromatic rings. The van der Waals surface area contributed by atoms with E-state index in [4.69, 9.17) is 0 Å². The molecule has 0 amide bonds. The largest absolute Gasteiger partial charge is 0.316 e. The van der Waals surface area contributed by atoms with Gasteiger partial charge in [-0.1, -0.05) is 19.4 Å². The molecular formula is C16H26N2O2S. The molecule has 0 spiro atoms. The Morgan fingerprint density at radius 2 is 2.05 bits per heavy atom. The summed E-state index contributed by atoms with van der Waals surface area (Å²) < 4.78 is 27.6. The second-order valence-electron chi connectivity index (χ2n) is 6.25. The van der Waals surface area contributed by atoms with Crippen molar-refractivity contribution < 1.29 is 8.42 Å². The van der Waals surface area contributed by atoms with Crippen LogP contribution in [0.5, 0.6) is 0 Å². The first kappa shape index (κ1) is 16.5. The van der Waals surface area contributed by atoms with Crippen molar-refractivity contribution in [2.24, 2.45) is 11.8 Å². The molecule has 2 atom stereocenters. The summed E-state index contributed by atoms with van der Waals surface area (Å²) in [6.07, 6.45) is 3.47. The van der Waals surface area contributed by atoms with Crippen LogP contribution in [0.25, 0.3) is 0 Å². The van der Waals surface area contributed by atoms with Crippen molar-refractivity contribution in [3.8, 4) is 0 Å². The minimum absolute atomic E-state index is 0.365. The van der Waals surface area contributed by atoms with Crippen molar-refractivity contribution in [1.82, 2.24) is 10.0 Å². The second kappa shape index (κ2) is 6.90. The van der Waals surface area contributed by atoms with Crippen molar-refractivity contribution >= 4 is 10.0 Å². The van der Waals surface area contributed by atoms with Crippen LogP contribution in [-0.4, -0.2) is 22.0 Å². The molecule has 2 N–H and O–H groups in total. The van der Waals surface area contributed by atoms with Gasteiger partial charge in [0.1, 0.15) is 0 Å². The molecule has 0 radical (unpaired) electrons. The zero-order valence-electron chi connectivity index (χ0n) is 13.1. The number of hydrogen-bond acceptors (Lipinski definition) is 3. The summed E-state index contributed by atoms with van der Waals surface area (Å²) >= 11 is 0. The maximum absolute atomic E-state index is 12.4. The van der Waals surface area contributed by atoms with Crippen LogP contribution in [0.2, 0.25) is 0 Å². The van der Waals surface area contributed by atoms with Gasteiger partial charge in [-0.25, -0.2) is 13.1 Å². The van der Waals surface area contributed by atoms with Gasteiger partial charge in [0.05, 0.1) is 4.90 Å². The molecule has 0 bridgehead atoms. The van der Waals surface area contributed by atoms with E-state index in [1.807, 2.05) is 20.0 Å². The van der Waals surface area contributed by atoms with Crippen molar-refractivity contribution in [1.29, 1.82) is 0 Å². The fraction of sp³-hybridized carbons (Fsp3) is 0.625. The summed E-state index contributed by atoms with van der Waals surface area (Å²) in [7, 11) is -1.54. The molecule has 0 aliphatic heterocycles. The van der Waals surface area contributed by atoms with Gasteiger partial charge in [0, 0.05) is 13.1 Å². The predicted molar refractivity (Wildman–Crippen MR) is 85.6 cm³/mol. The molecule has 1 aromatic carbocycles. The highest BCUT2D eigenvalue weighted by Gasteiger charge is 2.23. The molecule has 1 aliphatic carbocycles. The third-order valence-electron chi connectivity index (χ3n) is 4.36. The molecule has 0 saturated heterocycles. The lowest BCUT2D eigenvalue weighted by Gasteiger charge is -2.13. The van der Waals surface area contributed by atoms with Crippen LogP contribution in [-0.2, 0) is 16.6 Å². The van der Waals surface area contributed by atoms with Crippen LogP contribution in [0.1, 0.15) is 37.3 Å². The van der Waals surface area contributed by atoms with E-state index in [9.17, 15) is 8.42 Å². The summed E-state index contributed by atoms with van der Waals surface area (Å²) in [6.45, 7) is 5.46. The first-order valence-electron chi connectivity index (χ1n) is 7.66. The molecule has 1 aliphatic rings. The van der Waals surface area contributed by atoms with E-state index in [0.29, 0.717) is 23.9 Å². The Balaban J connectivity index is 2.06. The second-order valence-corrected chi connectivity index (χ2v) is 8.02. The van der Waals surface area contributed by atoms with Gasteiger partial charge in [-0.2, -0.15) is 0 Å². The molecule has 1 saturated carbocycles. The van der Waals surface area contributed by atoms with Crippen molar-refractivity contribution in [3.63, 3.8) is 0 Å². The van der Waals surface area contributed by atoms with Crippen LogP contribution in [0.3, 0.4) is 0 Å². The van der Waals surface area contributed by atoms with Gasteiger partial charge in [0.2, 0.25) is 10.0 Å². The maximum Gasteiger partial charge on any atom is 0.240 e. The van der Waals surface area contributed by atoms with Crippen molar-refractivity contribution in [2.45, 2.75) is 44.6 Å². The molecular weight excluding hydrogens is 284 g/mol. The fourth-order valence-corrected chi connectivity index (χ4v) is 4.18. The van der Waals surface area contributed by atoms with Gasteiger partial charge in [-0.3, -0.25) is 0 Å². The van der Waals surface area contributed by atoms with Gasteiger partial charge in [-0.15, -0.1) is 0 Å². The molecule has 0 aromatic heterocycles. The van der Waals surface area contributed by atoms with Gasteiger partial charge in [0.15, 0.2) is 0 Å². The number of sulfonamides is 1. The fourth-order valence-electron chi connectivity index (χ4n) is 3.02. The normalized spacial score (nSPS) is 22.6. The topological polar surface area (TPSA) is 58.2 Å². The Morgan fingerprint density at radius 1 is 1.29 bits per heavy atom. The molecule has 2 rings (SSSR count). The highest BCUT2D eigenvalue weighted by atomic mass is 32.2. The molecule has 21 heavy (non-hydrogen) atoms. The molecule has 2 unspecified atom stereocenters. The van der Waals surface area contributed by atoms with E-state index in [0.717, 1.165) is 29.9 Å². The lowest BCUT2D eigenvalue weighted by Crippen LogP contribution is -2.28. The van der Waals surface area contributed by atoms with Gasteiger partial charge >= 0.3 is 0 Å². The molecule has 1 fully saturated rings. The van der Waals surface area contributed by atoms with Crippen LogP contribution < -0.4 is 10.0 Å². The minimum atomic E-state index is -3.40. The summed E-state index contributed by atoms with van der Waals surface area (Å²) in [4.78, 5) is 0.365. The Hall–Kier alpha value is -0.910.